The minimum Gasteiger partial charge on any atom is -0.497 e. The van der Waals surface area contributed by atoms with Crippen LogP contribution in [0.5, 0.6) is 5.75 Å². The van der Waals surface area contributed by atoms with Crippen molar-refractivity contribution in [1.82, 2.24) is 30.8 Å². The largest absolute Gasteiger partial charge is 0.497 e. The normalized spacial score (nSPS) is 10.5. The third-order valence-electron chi connectivity index (χ3n) is 4.75. The summed E-state index contributed by atoms with van der Waals surface area (Å²) in [5.41, 5.74) is 8.28. The highest BCUT2D eigenvalue weighted by Gasteiger charge is 2.17. The molecule has 9 heteroatoms. The predicted molar refractivity (Wildman–Crippen MR) is 114 cm³/mol. The number of amides is 2. The first-order valence-corrected chi connectivity index (χ1v) is 9.47. The summed E-state index contributed by atoms with van der Waals surface area (Å²) in [6.07, 6.45) is 1.46. The molecule has 0 saturated heterocycles. The molecule has 0 unspecified atom stereocenters. The van der Waals surface area contributed by atoms with E-state index < -0.39 is 11.8 Å². The van der Waals surface area contributed by atoms with E-state index in [-0.39, 0.29) is 5.69 Å². The lowest BCUT2D eigenvalue weighted by Gasteiger charge is -2.07. The SMILES string of the molecule is COc1ccc(-c2cc(C(=O)NNC(=O)c3cnn(-c4ccccc4)c3C)[nH]n2)cc1. The molecule has 0 fully saturated rings. The standard InChI is InChI=1S/C22H20N6O3/c1-14-18(13-23-28(14)16-6-4-3-5-7-16)21(29)26-27-22(30)20-12-19(24-25-20)15-8-10-17(31-2)11-9-15/h3-13H,1-2H3,(H,24,25)(H,26,29)(H,27,30). The first-order valence-electron chi connectivity index (χ1n) is 9.47. The minimum absolute atomic E-state index is 0.211. The maximum absolute atomic E-state index is 12.5. The molecule has 0 radical (unpaired) electrons. The molecule has 0 bridgehead atoms. The van der Waals surface area contributed by atoms with E-state index in [0.717, 1.165) is 17.0 Å². The molecule has 0 aliphatic carbocycles. The topological polar surface area (TPSA) is 114 Å². The molecule has 0 aliphatic rings. The summed E-state index contributed by atoms with van der Waals surface area (Å²) in [6.45, 7) is 1.78. The van der Waals surface area contributed by atoms with Crippen LogP contribution in [0.3, 0.4) is 0 Å². The van der Waals surface area contributed by atoms with E-state index in [0.29, 0.717) is 17.0 Å². The maximum Gasteiger partial charge on any atom is 0.287 e. The van der Waals surface area contributed by atoms with Gasteiger partial charge in [-0.2, -0.15) is 10.2 Å². The zero-order chi connectivity index (χ0) is 21.8. The molecular formula is C22H20N6O3. The number of para-hydroxylation sites is 1. The van der Waals surface area contributed by atoms with Crippen molar-refractivity contribution in [1.29, 1.82) is 0 Å². The van der Waals surface area contributed by atoms with Gasteiger partial charge in [-0.25, -0.2) is 4.68 Å². The lowest BCUT2D eigenvalue weighted by molar-refractivity contribution is 0.0843. The van der Waals surface area contributed by atoms with Gasteiger partial charge in [0.2, 0.25) is 0 Å². The number of nitrogens with zero attached hydrogens (tertiary/aromatic N) is 3. The Morgan fingerprint density at radius 2 is 1.71 bits per heavy atom. The zero-order valence-corrected chi connectivity index (χ0v) is 16.9. The van der Waals surface area contributed by atoms with Gasteiger partial charge in [0, 0.05) is 5.56 Å². The number of aromatic amines is 1. The highest BCUT2D eigenvalue weighted by Crippen LogP contribution is 2.21. The monoisotopic (exact) mass is 416 g/mol. The smallest absolute Gasteiger partial charge is 0.287 e. The Hall–Kier alpha value is -4.40. The van der Waals surface area contributed by atoms with E-state index >= 15 is 0 Å². The molecule has 156 valence electrons. The highest BCUT2D eigenvalue weighted by atomic mass is 16.5. The van der Waals surface area contributed by atoms with E-state index in [1.807, 2.05) is 54.6 Å². The third kappa shape index (κ3) is 4.15. The first kappa shape index (κ1) is 19.9. The number of hydrazine groups is 1. The summed E-state index contributed by atoms with van der Waals surface area (Å²) in [7, 11) is 1.59. The van der Waals surface area contributed by atoms with Gasteiger partial charge in [-0.05, 0) is 49.4 Å². The Labute approximate surface area is 178 Å². The Balaban J connectivity index is 1.41. The maximum atomic E-state index is 12.5. The number of rotatable bonds is 5. The number of H-pyrrole nitrogens is 1. The summed E-state index contributed by atoms with van der Waals surface area (Å²) in [6, 6.07) is 18.4. The number of carbonyl (C=O) groups is 2. The van der Waals surface area contributed by atoms with E-state index in [2.05, 4.69) is 26.1 Å². The molecule has 2 heterocycles. The van der Waals surface area contributed by atoms with Gasteiger partial charge >= 0.3 is 0 Å². The molecule has 2 aromatic heterocycles. The van der Waals surface area contributed by atoms with Crippen molar-refractivity contribution in [3.05, 3.63) is 83.8 Å². The number of benzene rings is 2. The predicted octanol–water partition coefficient (Wildman–Crippen LogP) is 2.65. The lowest BCUT2D eigenvalue weighted by Crippen LogP contribution is -2.41. The number of hydrogen-bond donors (Lipinski definition) is 3. The Bertz CT molecular complexity index is 1210. The van der Waals surface area contributed by atoms with Crippen LogP contribution >= 0.6 is 0 Å². The number of hydrogen-bond acceptors (Lipinski definition) is 5. The van der Waals surface area contributed by atoms with Crippen LogP contribution in [0.4, 0.5) is 0 Å². The Morgan fingerprint density at radius 3 is 2.42 bits per heavy atom. The molecule has 2 amide bonds. The fourth-order valence-electron chi connectivity index (χ4n) is 3.06. The van der Waals surface area contributed by atoms with Crippen LogP contribution in [0.25, 0.3) is 16.9 Å². The van der Waals surface area contributed by atoms with Crippen LogP contribution in [0.2, 0.25) is 0 Å². The van der Waals surface area contributed by atoms with E-state index in [4.69, 9.17) is 4.74 Å². The van der Waals surface area contributed by atoms with Gasteiger partial charge in [0.25, 0.3) is 11.8 Å². The van der Waals surface area contributed by atoms with Crippen molar-refractivity contribution in [2.45, 2.75) is 6.92 Å². The van der Waals surface area contributed by atoms with Crippen LogP contribution in [0, 0.1) is 6.92 Å². The van der Waals surface area contributed by atoms with Gasteiger partial charge in [0.05, 0.1) is 35.9 Å². The Kier molecular flexibility index (Phi) is 5.48. The molecule has 0 saturated carbocycles. The first-order chi connectivity index (χ1) is 15.1. The molecular weight excluding hydrogens is 396 g/mol. The average molecular weight is 416 g/mol. The quantitative estimate of drug-likeness (QED) is 0.433. The summed E-state index contributed by atoms with van der Waals surface area (Å²) in [5.74, 6) is -0.262. The van der Waals surface area contributed by atoms with Crippen LogP contribution in [-0.2, 0) is 0 Å². The summed E-state index contributed by atoms with van der Waals surface area (Å²) in [5, 5.41) is 11.1. The number of nitrogens with one attached hydrogen (secondary N) is 3. The van der Waals surface area contributed by atoms with Crippen molar-refractivity contribution in [2.75, 3.05) is 7.11 Å². The van der Waals surface area contributed by atoms with Crippen molar-refractivity contribution in [2.24, 2.45) is 0 Å². The van der Waals surface area contributed by atoms with Crippen molar-refractivity contribution in [3.63, 3.8) is 0 Å². The summed E-state index contributed by atoms with van der Waals surface area (Å²) >= 11 is 0. The summed E-state index contributed by atoms with van der Waals surface area (Å²) in [4.78, 5) is 24.9. The second-order valence-electron chi connectivity index (χ2n) is 6.69. The molecule has 0 aliphatic heterocycles. The zero-order valence-electron chi connectivity index (χ0n) is 16.9. The number of aromatic nitrogens is 4. The molecule has 4 aromatic rings. The van der Waals surface area contributed by atoms with Crippen LogP contribution in [0.1, 0.15) is 26.5 Å². The fourth-order valence-corrected chi connectivity index (χ4v) is 3.06. The highest BCUT2D eigenvalue weighted by molar-refractivity contribution is 5.99. The second kappa shape index (κ2) is 8.54. The van der Waals surface area contributed by atoms with Crippen LogP contribution in [0.15, 0.2) is 66.9 Å². The van der Waals surface area contributed by atoms with Gasteiger partial charge in [-0.3, -0.25) is 25.5 Å². The molecule has 4 rings (SSSR count). The molecule has 31 heavy (non-hydrogen) atoms. The average Bonchev–Trinajstić information content (AvgIpc) is 3.45. The molecule has 2 aromatic carbocycles. The fraction of sp³-hybridized carbons (Fsp3) is 0.0909. The Morgan fingerprint density at radius 1 is 1.00 bits per heavy atom. The van der Waals surface area contributed by atoms with E-state index in [9.17, 15) is 9.59 Å². The van der Waals surface area contributed by atoms with E-state index in [1.165, 1.54) is 6.20 Å². The van der Waals surface area contributed by atoms with Gasteiger partial charge in [0.1, 0.15) is 11.4 Å². The lowest BCUT2D eigenvalue weighted by atomic mass is 10.1. The van der Waals surface area contributed by atoms with Gasteiger partial charge in [-0.15, -0.1) is 0 Å². The summed E-state index contributed by atoms with van der Waals surface area (Å²) < 4.78 is 6.80. The van der Waals surface area contributed by atoms with Gasteiger partial charge < -0.3 is 4.74 Å². The van der Waals surface area contributed by atoms with Crippen LogP contribution in [-0.4, -0.2) is 38.9 Å². The van der Waals surface area contributed by atoms with Gasteiger partial charge in [-0.1, -0.05) is 18.2 Å². The van der Waals surface area contributed by atoms with Gasteiger partial charge in [0.15, 0.2) is 0 Å². The minimum atomic E-state index is -0.520. The molecule has 3 N–H and O–H groups in total. The van der Waals surface area contributed by atoms with Crippen molar-refractivity contribution >= 4 is 11.8 Å². The number of ether oxygens (including phenoxy) is 1. The van der Waals surface area contributed by atoms with Crippen molar-refractivity contribution in [3.8, 4) is 22.7 Å². The number of carbonyl (C=O) groups excluding carboxylic acids is 2. The molecule has 0 spiro atoms. The molecule has 9 nitrogen and oxygen atoms in total. The van der Waals surface area contributed by atoms with Crippen molar-refractivity contribution < 1.29 is 14.3 Å². The third-order valence-corrected chi connectivity index (χ3v) is 4.75. The van der Waals surface area contributed by atoms with Crippen LogP contribution < -0.4 is 15.6 Å². The second-order valence-corrected chi connectivity index (χ2v) is 6.69. The molecule has 0 atom stereocenters. The number of methoxy groups -OCH3 is 1. The van der Waals surface area contributed by atoms with E-state index in [1.54, 1.807) is 24.8 Å².